The van der Waals surface area contributed by atoms with Crippen molar-refractivity contribution < 1.29 is 33.3 Å². The fourth-order valence-electron chi connectivity index (χ4n) is 4.72. The summed E-state index contributed by atoms with van der Waals surface area (Å²) in [6.07, 6.45) is 1.38. The van der Waals surface area contributed by atoms with E-state index in [1.54, 1.807) is 18.2 Å². The topological polar surface area (TPSA) is 103 Å². The molecule has 0 unspecified atom stereocenters. The number of barbiturate groups is 1. The summed E-state index contributed by atoms with van der Waals surface area (Å²) in [5, 5.41) is 4.58. The molecule has 0 aromatic heterocycles. The predicted octanol–water partition coefficient (Wildman–Crippen LogP) is 6.07. The molecule has 1 aliphatic rings. The van der Waals surface area contributed by atoms with Crippen molar-refractivity contribution >= 4 is 52.0 Å². The molecule has 1 aliphatic heterocycles. The lowest BCUT2D eigenvalue weighted by Gasteiger charge is -2.28. The van der Waals surface area contributed by atoms with Crippen molar-refractivity contribution in [3.8, 4) is 23.0 Å². The number of nitrogens with one attached hydrogen (secondary N) is 1. The summed E-state index contributed by atoms with van der Waals surface area (Å²) in [4.78, 5) is 40.3. The van der Waals surface area contributed by atoms with Gasteiger partial charge in [0.15, 0.2) is 0 Å². The van der Waals surface area contributed by atoms with Crippen LogP contribution in [0.2, 0.25) is 5.02 Å². The quantitative estimate of drug-likeness (QED) is 0.197. The van der Waals surface area contributed by atoms with Crippen molar-refractivity contribution in [3.63, 3.8) is 0 Å². The lowest BCUT2D eigenvalue weighted by atomic mass is 10.0. The van der Waals surface area contributed by atoms with Crippen LogP contribution in [0.15, 0.2) is 72.3 Å². The fraction of sp³-hybridized carbons (Fsp3) is 0.156. The van der Waals surface area contributed by atoms with Crippen LogP contribution in [0.4, 0.5) is 10.5 Å². The van der Waals surface area contributed by atoms with Gasteiger partial charge < -0.3 is 18.9 Å². The molecule has 10 heteroatoms. The molecule has 0 bridgehead atoms. The van der Waals surface area contributed by atoms with Crippen LogP contribution < -0.4 is 29.2 Å². The second kappa shape index (κ2) is 11.8. The van der Waals surface area contributed by atoms with Gasteiger partial charge >= 0.3 is 6.03 Å². The van der Waals surface area contributed by atoms with Gasteiger partial charge in [-0.2, -0.15) is 0 Å². The number of ether oxygens (including phenoxy) is 4. The molecule has 1 N–H and O–H groups in total. The van der Waals surface area contributed by atoms with Crippen LogP contribution in [0.3, 0.4) is 0 Å². The van der Waals surface area contributed by atoms with Gasteiger partial charge in [-0.25, -0.2) is 9.69 Å². The van der Waals surface area contributed by atoms with Gasteiger partial charge in [0.05, 0.1) is 32.0 Å². The maximum Gasteiger partial charge on any atom is 0.336 e. The highest BCUT2D eigenvalue weighted by molar-refractivity contribution is 6.39. The Morgan fingerprint density at radius 1 is 0.857 bits per heavy atom. The Morgan fingerprint density at radius 3 is 2.36 bits per heavy atom. The second-order valence-corrected chi connectivity index (χ2v) is 9.80. The Bertz CT molecular complexity index is 1770. The zero-order valence-corrected chi connectivity index (χ0v) is 24.1. The monoisotopic (exact) mass is 586 g/mol. The number of benzene rings is 4. The van der Waals surface area contributed by atoms with Gasteiger partial charge in [-0.3, -0.25) is 14.9 Å². The molecule has 9 nitrogen and oxygen atoms in total. The van der Waals surface area contributed by atoms with Gasteiger partial charge in [0.1, 0.15) is 35.2 Å². The normalized spacial score (nSPS) is 14.3. The van der Waals surface area contributed by atoms with E-state index < -0.39 is 17.8 Å². The highest BCUT2D eigenvalue weighted by atomic mass is 35.5. The standard InChI is InChI=1S/C32H27ClN2O7/c1-18-9-10-19-7-5-6-8-22(19)24(18)17-42-27-14-21(39-2)12-11-20(27)13-23-30(36)34-32(38)35(31(23)37)26-16-28(40-3)25(33)15-29(26)41-4/h5-16H,17H2,1-4H3,(H,34,36,38)/b23-13+. The summed E-state index contributed by atoms with van der Waals surface area (Å²) in [5.74, 6) is -0.465. The summed E-state index contributed by atoms with van der Waals surface area (Å²) in [5.41, 5.74) is 2.25. The number of methoxy groups -OCH3 is 3. The number of hydrogen-bond acceptors (Lipinski definition) is 7. The van der Waals surface area contributed by atoms with Crippen LogP contribution in [-0.4, -0.2) is 39.2 Å². The van der Waals surface area contributed by atoms with Crippen molar-refractivity contribution in [2.75, 3.05) is 26.2 Å². The summed E-state index contributed by atoms with van der Waals surface area (Å²) in [6.45, 7) is 2.24. The Labute approximate surface area is 247 Å². The first-order valence-corrected chi connectivity index (χ1v) is 13.2. The van der Waals surface area contributed by atoms with Crippen molar-refractivity contribution in [3.05, 3.63) is 94.0 Å². The Morgan fingerprint density at radius 2 is 1.62 bits per heavy atom. The number of aryl methyl sites for hydroxylation is 1. The van der Waals surface area contributed by atoms with Crippen molar-refractivity contribution in [2.45, 2.75) is 13.5 Å². The summed E-state index contributed by atoms with van der Waals surface area (Å²) >= 11 is 6.21. The van der Waals surface area contributed by atoms with E-state index in [9.17, 15) is 14.4 Å². The average molecular weight is 587 g/mol. The molecule has 0 radical (unpaired) electrons. The number of carbonyl (C=O) groups excluding carboxylic acids is 3. The second-order valence-electron chi connectivity index (χ2n) is 9.39. The third kappa shape index (κ3) is 5.34. The highest BCUT2D eigenvalue weighted by Crippen LogP contribution is 2.39. The van der Waals surface area contributed by atoms with Crippen LogP contribution in [0.5, 0.6) is 23.0 Å². The molecule has 0 atom stereocenters. The molecule has 0 saturated carbocycles. The molecule has 4 aromatic carbocycles. The van der Waals surface area contributed by atoms with Crippen LogP contribution in [0.25, 0.3) is 16.8 Å². The van der Waals surface area contributed by atoms with Gasteiger partial charge in [-0.05, 0) is 41.5 Å². The third-order valence-corrected chi connectivity index (χ3v) is 7.26. The first-order valence-electron chi connectivity index (χ1n) is 12.9. The zero-order valence-electron chi connectivity index (χ0n) is 23.3. The number of urea groups is 1. The van der Waals surface area contributed by atoms with Crippen LogP contribution in [-0.2, 0) is 16.2 Å². The lowest BCUT2D eigenvalue weighted by molar-refractivity contribution is -0.122. The molecule has 42 heavy (non-hydrogen) atoms. The fourth-order valence-corrected chi connectivity index (χ4v) is 4.95. The summed E-state index contributed by atoms with van der Waals surface area (Å²) < 4.78 is 22.3. The van der Waals surface area contributed by atoms with E-state index in [0.717, 1.165) is 26.8 Å². The Hall–Kier alpha value is -5.02. The van der Waals surface area contributed by atoms with Gasteiger partial charge in [0.2, 0.25) is 0 Å². The number of imide groups is 2. The van der Waals surface area contributed by atoms with Gasteiger partial charge in [0, 0.05) is 29.3 Å². The molecule has 1 fully saturated rings. The van der Waals surface area contributed by atoms with Crippen molar-refractivity contribution in [1.29, 1.82) is 0 Å². The third-order valence-electron chi connectivity index (χ3n) is 6.96. The molecule has 1 heterocycles. The zero-order chi connectivity index (χ0) is 30.0. The van der Waals surface area contributed by atoms with E-state index >= 15 is 0 Å². The first-order chi connectivity index (χ1) is 20.2. The Balaban J connectivity index is 1.54. The minimum atomic E-state index is -0.942. The van der Waals surface area contributed by atoms with Crippen LogP contribution >= 0.6 is 11.6 Å². The number of hydrogen-bond donors (Lipinski definition) is 1. The van der Waals surface area contributed by atoms with E-state index in [1.807, 2.05) is 37.3 Å². The summed E-state index contributed by atoms with van der Waals surface area (Å²) in [7, 11) is 4.30. The molecular weight excluding hydrogens is 560 g/mol. The number of amides is 4. The largest absolute Gasteiger partial charge is 0.497 e. The lowest BCUT2D eigenvalue weighted by Crippen LogP contribution is -2.54. The van der Waals surface area contributed by atoms with E-state index in [4.69, 9.17) is 30.5 Å². The van der Waals surface area contributed by atoms with E-state index in [0.29, 0.717) is 17.1 Å². The minimum absolute atomic E-state index is 0.0530. The smallest absolute Gasteiger partial charge is 0.336 e. The maximum atomic E-state index is 13.7. The number of nitrogens with zero attached hydrogens (tertiary/aromatic N) is 1. The number of fused-ring (bicyclic) bond motifs is 1. The molecule has 1 saturated heterocycles. The van der Waals surface area contributed by atoms with E-state index in [-0.39, 0.29) is 34.4 Å². The summed E-state index contributed by atoms with van der Waals surface area (Å²) in [6, 6.07) is 19.0. The van der Waals surface area contributed by atoms with Crippen molar-refractivity contribution in [2.24, 2.45) is 0 Å². The maximum absolute atomic E-state index is 13.7. The van der Waals surface area contributed by atoms with Gasteiger partial charge in [-0.15, -0.1) is 0 Å². The van der Waals surface area contributed by atoms with Crippen LogP contribution in [0, 0.1) is 6.92 Å². The Kier molecular flexibility index (Phi) is 8.04. The van der Waals surface area contributed by atoms with E-state index in [1.165, 1.54) is 39.5 Å². The molecule has 214 valence electrons. The molecule has 4 aromatic rings. The number of carbonyl (C=O) groups is 3. The average Bonchev–Trinajstić information content (AvgIpc) is 2.99. The molecule has 4 amide bonds. The highest BCUT2D eigenvalue weighted by Gasteiger charge is 2.39. The molecule has 5 rings (SSSR count). The molecule has 0 spiro atoms. The predicted molar refractivity (Wildman–Crippen MR) is 160 cm³/mol. The number of halogens is 1. The van der Waals surface area contributed by atoms with E-state index in [2.05, 4.69) is 11.4 Å². The van der Waals surface area contributed by atoms with Gasteiger partial charge in [-0.1, -0.05) is 48.0 Å². The molecule has 0 aliphatic carbocycles. The molecular formula is C32H27ClN2O7. The minimum Gasteiger partial charge on any atom is -0.497 e. The SMILES string of the molecule is COc1ccc(/C=C2\C(=O)NC(=O)N(c3cc(OC)c(Cl)cc3OC)C2=O)c(OCc2c(C)ccc3ccccc23)c1. The van der Waals surface area contributed by atoms with Crippen LogP contribution in [0.1, 0.15) is 16.7 Å². The first kappa shape index (κ1) is 28.5. The number of anilines is 1. The number of rotatable bonds is 8. The van der Waals surface area contributed by atoms with Crippen molar-refractivity contribution in [1.82, 2.24) is 5.32 Å². The van der Waals surface area contributed by atoms with Gasteiger partial charge in [0.25, 0.3) is 11.8 Å².